The van der Waals surface area contributed by atoms with Gasteiger partial charge in [-0.1, -0.05) is 18.8 Å². The second-order valence-corrected chi connectivity index (χ2v) is 4.57. The Kier molecular flexibility index (Phi) is 7.30. The Balaban J connectivity index is 2.76. The van der Waals surface area contributed by atoms with Crippen LogP contribution in [0.1, 0.15) is 22.8 Å². The summed E-state index contributed by atoms with van der Waals surface area (Å²) in [6, 6.07) is 5.19. The summed E-state index contributed by atoms with van der Waals surface area (Å²) in [4.78, 5) is 14.2. The van der Waals surface area contributed by atoms with Gasteiger partial charge in [-0.05, 0) is 31.8 Å². The summed E-state index contributed by atoms with van der Waals surface area (Å²) in [5, 5.41) is 2.89. The molecule has 1 aromatic rings. The molecule has 1 amide bonds. The van der Waals surface area contributed by atoms with Gasteiger partial charge in [0.15, 0.2) is 0 Å². The molecule has 5 nitrogen and oxygen atoms in total. The highest BCUT2D eigenvalue weighted by Crippen LogP contribution is 2.18. The van der Waals surface area contributed by atoms with Gasteiger partial charge in [-0.25, -0.2) is 0 Å². The summed E-state index contributed by atoms with van der Waals surface area (Å²) in [6.07, 6.45) is 0. The summed E-state index contributed by atoms with van der Waals surface area (Å²) >= 11 is 0. The molecule has 0 radical (unpaired) electrons. The number of rotatable bonds is 6. The molecular weight excluding hydrogens is 266 g/mol. The Morgan fingerprint density at radius 1 is 1.48 bits per heavy atom. The fourth-order valence-electron chi connectivity index (χ4n) is 1.71. The molecule has 0 saturated heterocycles. The smallest absolute Gasteiger partial charge is 0.251 e. The maximum absolute atomic E-state index is 12.1. The summed E-state index contributed by atoms with van der Waals surface area (Å²) < 4.78 is 5.22. The van der Waals surface area contributed by atoms with Crippen molar-refractivity contribution in [3.8, 4) is 17.6 Å². The van der Waals surface area contributed by atoms with Crippen LogP contribution in [0.15, 0.2) is 18.2 Å². The van der Waals surface area contributed by atoms with Crippen molar-refractivity contribution in [3.05, 3.63) is 29.3 Å². The molecule has 5 heteroatoms. The molecule has 0 saturated carbocycles. The van der Waals surface area contributed by atoms with E-state index in [9.17, 15) is 4.79 Å². The van der Waals surface area contributed by atoms with E-state index in [0.29, 0.717) is 23.4 Å². The molecule has 1 aromatic carbocycles. The second kappa shape index (κ2) is 9.01. The van der Waals surface area contributed by atoms with Crippen molar-refractivity contribution in [2.45, 2.75) is 6.92 Å². The minimum Gasteiger partial charge on any atom is -0.495 e. The number of ether oxygens (including phenoxy) is 1. The molecule has 0 aliphatic heterocycles. The molecular formula is C16H23N3O2. The largest absolute Gasteiger partial charge is 0.495 e. The van der Waals surface area contributed by atoms with E-state index >= 15 is 0 Å². The number of carbonyl (C=O) groups is 1. The lowest BCUT2D eigenvalue weighted by Crippen LogP contribution is -2.32. The lowest BCUT2D eigenvalue weighted by molar-refractivity contribution is 0.0950. The quantitative estimate of drug-likeness (QED) is 0.756. The highest BCUT2D eigenvalue weighted by Gasteiger charge is 2.09. The molecule has 0 bridgehead atoms. The molecule has 0 unspecified atom stereocenters. The number of methoxy groups -OCH3 is 1. The number of hydrogen-bond donors (Lipinski definition) is 2. The van der Waals surface area contributed by atoms with E-state index in [4.69, 9.17) is 10.5 Å². The number of nitrogens with one attached hydrogen (secondary N) is 1. The van der Waals surface area contributed by atoms with Gasteiger partial charge >= 0.3 is 0 Å². The molecule has 0 aliphatic carbocycles. The van der Waals surface area contributed by atoms with Crippen LogP contribution in [0.2, 0.25) is 0 Å². The Labute approximate surface area is 126 Å². The molecule has 114 valence electrons. The molecule has 0 spiro atoms. The van der Waals surface area contributed by atoms with Crippen LogP contribution < -0.4 is 15.8 Å². The van der Waals surface area contributed by atoms with E-state index in [1.807, 2.05) is 7.05 Å². The summed E-state index contributed by atoms with van der Waals surface area (Å²) in [7, 11) is 3.59. The van der Waals surface area contributed by atoms with Crippen molar-refractivity contribution >= 4 is 5.91 Å². The number of likely N-dealkylation sites (N-methyl/N-ethyl adjacent to an activating group) is 1. The predicted molar refractivity (Wildman–Crippen MR) is 84.4 cm³/mol. The third-order valence-corrected chi connectivity index (χ3v) is 3.11. The van der Waals surface area contributed by atoms with Crippen molar-refractivity contribution in [3.63, 3.8) is 0 Å². The van der Waals surface area contributed by atoms with Crippen LogP contribution in [-0.2, 0) is 0 Å². The summed E-state index contributed by atoms with van der Waals surface area (Å²) in [6.45, 7) is 4.73. The van der Waals surface area contributed by atoms with Crippen molar-refractivity contribution in [1.82, 2.24) is 10.2 Å². The van der Waals surface area contributed by atoms with Gasteiger partial charge < -0.3 is 20.7 Å². The Morgan fingerprint density at radius 2 is 2.24 bits per heavy atom. The van der Waals surface area contributed by atoms with Crippen LogP contribution in [0, 0.1) is 11.8 Å². The number of hydrogen-bond acceptors (Lipinski definition) is 4. The third-order valence-electron chi connectivity index (χ3n) is 3.11. The topological polar surface area (TPSA) is 67.6 Å². The van der Waals surface area contributed by atoms with Crippen LogP contribution in [0.3, 0.4) is 0 Å². The van der Waals surface area contributed by atoms with E-state index in [-0.39, 0.29) is 12.5 Å². The van der Waals surface area contributed by atoms with E-state index in [1.165, 1.54) is 0 Å². The highest BCUT2D eigenvalue weighted by atomic mass is 16.5. The van der Waals surface area contributed by atoms with E-state index < -0.39 is 0 Å². The zero-order valence-corrected chi connectivity index (χ0v) is 12.9. The average molecular weight is 289 g/mol. The van der Waals surface area contributed by atoms with Crippen molar-refractivity contribution < 1.29 is 9.53 Å². The van der Waals surface area contributed by atoms with Gasteiger partial charge in [-0.15, -0.1) is 0 Å². The van der Waals surface area contributed by atoms with Crippen LogP contribution in [-0.4, -0.2) is 51.1 Å². The minimum absolute atomic E-state index is 0.113. The van der Waals surface area contributed by atoms with Gasteiger partial charge in [-0.2, -0.15) is 0 Å². The molecule has 0 aromatic heterocycles. The number of nitrogens with zero attached hydrogens (tertiary/aromatic N) is 1. The number of amides is 1. The first-order chi connectivity index (χ1) is 10.1. The maximum Gasteiger partial charge on any atom is 0.251 e. The molecule has 0 heterocycles. The molecule has 21 heavy (non-hydrogen) atoms. The fraction of sp³-hybridized carbons (Fsp3) is 0.438. The lowest BCUT2D eigenvalue weighted by atomic mass is 10.1. The van der Waals surface area contributed by atoms with Crippen molar-refractivity contribution in [2.75, 3.05) is 40.3 Å². The minimum atomic E-state index is -0.113. The molecule has 0 atom stereocenters. The Hall–Kier alpha value is -2.03. The van der Waals surface area contributed by atoms with Gasteiger partial charge in [-0.3, -0.25) is 4.79 Å². The molecule has 0 aliphatic rings. The summed E-state index contributed by atoms with van der Waals surface area (Å²) in [5.74, 6) is 6.21. The second-order valence-electron chi connectivity index (χ2n) is 4.57. The van der Waals surface area contributed by atoms with Gasteiger partial charge in [0.1, 0.15) is 5.75 Å². The van der Waals surface area contributed by atoms with Crippen LogP contribution in [0.5, 0.6) is 5.75 Å². The Bertz CT molecular complexity index is 532. The van der Waals surface area contributed by atoms with Gasteiger partial charge in [0.05, 0.1) is 19.2 Å². The Morgan fingerprint density at radius 3 is 2.86 bits per heavy atom. The SMILES string of the molecule is CCN(C)CCNC(=O)c1ccc(OC)c(C#CCN)c1. The zero-order valence-electron chi connectivity index (χ0n) is 12.9. The fourth-order valence-corrected chi connectivity index (χ4v) is 1.71. The first-order valence-corrected chi connectivity index (χ1v) is 6.96. The average Bonchev–Trinajstić information content (AvgIpc) is 2.52. The normalized spacial score (nSPS) is 9.95. The molecule has 0 fully saturated rings. The van der Waals surface area contributed by atoms with Crippen molar-refractivity contribution in [2.24, 2.45) is 5.73 Å². The first kappa shape index (κ1) is 17.0. The third kappa shape index (κ3) is 5.46. The van der Waals surface area contributed by atoms with E-state index in [0.717, 1.165) is 13.1 Å². The lowest BCUT2D eigenvalue weighted by Gasteiger charge is -2.14. The van der Waals surface area contributed by atoms with Crippen molar-refractivity contribution in [1.29, 1.82) is 0 Å². The predicted octanol–water partition coefficient (Wildman–Crippen LogP) is 0.687. The monoisotopic (exact) mass is 289 g/mol. The van der Waals surface area contributed by atoms with Crippen LogP contribution >= 0.6 is 0 Å². The molecule has 3 N–H and O–H groups in total. The standard InChI is InChI=1S/C16H23N3O2/c1-4-19(2)11-10-18-16(20)14-7-8-15(21-3)13(12-14)6-5-9-17/h7-8,12H,4,9-11,17H2,1-3H3,(H,18,20). The van der Waals surface area contributed by atoms with Gasteiger partial charge in [0, 0.05) is 18.7 Å². The zero-order chi connectivity index (χ0) is 15.7. The molecule has 1 rings (SSSR count). The van der Waals surface area contributed by atoms with Gasteiger partial charge in [0.25, 0.3) is 5.91 Å². The van der Waals surface area contributed by atoms with Crippen LogP contribution in [0.25, 0.3) is 0 Å². The number of carbonyl (C=O) groups excluding carboxylic acids is 1. The number of benzene rings is 1. The summed E-state index contributed by atoms with van der Waals surface area (Å²) in [5.41, 5.74) is 6.61. The highest BCUT2D eigenvalue weighted by molar-refractivity contribution is 5.94. The van der Waals surface area contributed by atoms with E-state index in [1.54, 1.807) is 25.3 Å². The van der Waals surface area contributed by atoms with Crippen LogP contribution in [0.4, 0.5) is 0 Å². The first-order valence-electron chi connectivity index (χ1n) is 6.96. The number of nitrogens with two attached hydrogens (primary N) is 1. The maximum atomic E-state index is 12.1. The van der Waals surface area contributed by atoms with Gasteiger partial charge in [0.2, 0.25) is 0 Å². The van der Waals surface area contributed by atoms with E-state index in [2.05, 4.69) is 29.0 Å².